The van der Waals surface area contributed by atoms with Gasteiger partial charge in [-0.25, -0.2) is 0 Å². The first-order chi connectivity index (χ1) is 14.2. The third kappa shape index (κ3) is 4.31. The first-order valence-corrected chi connectivity index (χ1v) is 9.54. The maximum atomic E-state index is 12.4. The van der Waals surface area contributed by atoms with Crippen molar-refractivity contribution in [1.29, 1.82) is 0 Å². The minimum absolute atomic E-state index is 0.0762. The number of amides is 1. The van der Waals surface area contributed by atoms with Crippen molar-refractivity contribution in [3.05, 3.63) is 66.3 Å². The fraction of sp³-hybridized carbons (Fsp3) is 0.286. The van der Waals surface area contributed by atoms with Crippen LogP contribution in [0.1, 0.15) is 16.3 Å². The normalized spacial score (nSPS) is 14.9. The Morgan fingerprint density at radius 1 is 1.10 bits per heavy atom. The number of carbonyl (C=O) groups is 1. The summed E-state index contributed by atoms with van der Waals surface area (Å²) in [5.74, 6) is 1.80. The highest BCUT2D eigenvalue weighted by Crippen LogP contribution is 2.18. The summed E-state index contributed by atoms with van der Waals surface area (Å²) in [4.78, 5) is 20.7. The quantitative estimate of drug-likeness (QED) is 0.541. The largest absolute Gasteiger partial charge is 0.459 e. The molecular formula is C21H23N5O3. The molecule has 1 fully saturated rings. The smallest absolute Gasteiger partial charge is 0.289 e. The molecule has 0 atom stereocenters. The van der Waals surface area contributed by atoms with Crippen LogP contribution < -0.4 is 5.32 Å². The van der Waals surface area contributed by atoms with Gasteiger partial charge in [-0.05, 0) is 12.1 Å². The van der Waals surface area contributed by atoms with Crippen molar-refractivity contribution in [3.63, 3.8) is 0 Å². The average Bonchev–Trinajstić information content (AvgIpc) is 3.47. The Bertz CT molecular complexity index is 957. The molecular weight excluding hydrogens is 370 g/mol. The molecule has 1 aliphatic rings. The minimum Gasteiger partial charge on any atom is -0.459 e. The highest BCUT2D eigenvalue weighted by atomic mass is 16.5. The summed E-state index contributed by atoms with van der Waals surface area (Å²) >= 11 is 0. The molecule has 0 saturated carbocycles. The van der Waals surface area contributed by atoms with Gasteiger partial charge in [-0.15, -0.1) is 0 Å². The van der Waals surface area contributed by atoms with Gasteiger partial charge < -0.3 is 24.1 Å². The van der Waals surface area contributed by atoms with Gasteiger partial charge in [0.25, 0.3) is 5.91 Å². The molecule has 0 spiro atoms. The van der Waals surface area contributed by atoms with Crippen LogP contribution in [0.5, 0.6) is 0 Å². The third-order valence-electron chi connectivity index (χ3n) is 4.86. The second-order valence-corrected chi connectivity index (χ2v) is 6.70. The van der Waals surface area contributed by atoms with E-state index in [0.717, 1.165) is 23.0 Å². The second kappa shape index (κ2) is 8.64. The molecule has 3 heterocycles. The lowest BCUT2D eigenvalue weighted by Gasteiger charge is -2.36. The molecule has 0 unspecified atom stereocenters. The van der Waals surface area contributed by atoms with E-state index in [-0.39, 0.29) is 5.91 Å². The molecule has 0 aliphatic carbocycles. The number of benzene rings is 1. The van der Waals surface area contributed by atoms with Crippen LogP contribution in [0, 0.1) is 0 Å². The molecule has 8 nitrogen and oxygen atoms in total. The van der Waals surface area contributed by atoms with Gasteiger partial charge in [0.1, 0.15) is 5.69 Å². The second-order valence-electron chi connectivity index (χ2n) is 6.70. The van der Waals surface area contributed by atoms with Crippen molar-refractivity contribution in [2.24, 2.45) is 4.99 Å². The zero-order valence-electron chi connectivity index (χ0n) is 16.2. The maximum Gasteiger partial charge on any atom is 0.289 e. The molecule has 4 rings (SSSR count). The van der Waals surface area contributed by atoms with Crippen molar-refractivity contribution in [2.75, 3.05) is 33.2 Å². The summed E-state index contributed by atoms with van der Waals surface area (Å²) < 4.78 is 10.7. The molecule has 150 valence electrons. The van der Waals surface area contributed by atoms with Gasteiger partial charge in [0.05, 0.1) is 12.8 Å². The molecule has 2 aromatic heterocycles. The van der Waals surface area contributed by atoms with Crippen molar-refractivity contribution >= 4 is 11.9 Å². The molecule has 1 amide bonds. The van der Waals surface area contributed by atoms with E-state index in [4.69, 9.17) is 8.94 Å². The number of carbonyl (C=O) groups excluding carboxylic acids is 1. The Kier molecular flexibility index (Phi) is 5.60. The van der Waals surface area contributed by atoms with Gasteiger partial charge in [0.2, 0.25) is 0 Å². The van der Waals surface area contributed by atoms with Gasteiger partial charge in [-0.3, -0.25) is 9.79 Å². The summed E-state index contributed by atoms with van der Waals surface area (Å²) in [6, 6.07) is 15.3. The van der Waals surface area contributed by atoms with Crippen molar-refractivity contribution in [3.8, 4) is 11.3 Å². The van der Waals surface area contributed by atoms with E-state index in [9.17, 15) is 4.79 Å². The fourth-order valence-corrected chi connectivity index (χ4v) is 3.32. The lowest BCUT2D eigenvalue weighted by Crippen LogP contribution is -2.53. The van der Waals surface area contributed by atoms with E-state index in [0.29, 0.717) is 38.5 Å². The summed E-state index contributed by atoms with van der Waals surface area (Å²) in [7, 11) is 1.75. The standard InChI is InChI=1S/C21H23N5O3/c1-22-21(23-15-17-14-18(24-29-17)16-6-3-2-4-7-16)26-11-9-25(10-12-26)20(27)19-8-5-13-28-19/h2-8,13-14H,9-12,15H2,1H3,(H,22,23). The van der Waals surface area contributed by atoms with E-state index in [1.165, 1.54) is 6.26 Å². The molecule has 1 saturated heterocycles. The van der Waals surface area contributed by atoms with E-state index in [2.05, 4.69) is 20.4 Å². The minimum atomic E-state index is -0.0762. The lowest BCUT2D eigenvalue weighted by atomic mass is 10.1. The highest BCUT2D eigenvalue weighted by molar-refractivity contribution is 5.91. The Morgan fingerprint density at radius 2 is 1.86 bits per heavy atom. The number of piperazine rings is 1. The summed E-state index contributed by atoms with van der Waals surface area (Å²) in [6.07, 6.45) is 1.52. The van der Waals surface area contributed by atoms with Crippen LogP contribution in [0.3, 0.4) is 0 Å². The number of furan rings is 1. The van der Waals surface area contributed by atoms with Crippen LogP contribution in [0.15, 0.2) is 68.7 Å². The predicted octanol–water partition coefficient (Wildman–Crippen LogP) is 2.47. The Morgan fingerprint density at radius 3 is 2.55 bits per heavy atom. The van der Waals surface area contributed by atoms with E-state index in [1.54, 1.807) is 24.1 Å². The van der Waals surface area contributed by atoms with Crippen LogP contribution in [-0.2, 0) is 6.54 Å². The van der Waals surface area contributed by atoms with Crippen LogP contribution in [0.4, 0.5) is 0 Å². The zero-order chi connectivity index (χ0) is 20.1. The fourth-order valence-electron chi connectivity index (χ4n) is 3.32. The number of aromatic nitrogens is 1. The molecule has 3 aromatic rings. The van der Waals surface area contributed by atoms with Gasteiger partial charge in [-0.1, -0.05) is 35.5 Å². The molecule has 0 radical (unpaired) electrons. The Labute approximate surface area is 168 Å². The van der Waals surface area contributed by atoms with Gasteiger partial charge in [0.15, 0.2) is 17.5 Å². The monoisotopic (exact) mass is 393 g/mol. The number of guanidine groups is 1. The third-order valence-corrected chi connectivity index (χ3v) is 4.86. The van der Waals surface area contributed by atoms with Crippen LogP contribution >= 0.6 is 0 Å². The van der Waals surface area contributed by atoms with Gasteiger partial charge in [-0.2, -0.15) is 0 Å². The highest BCUT2D eigenvalue weighted by Gasteiger charge is 2.25. The van der Waals surface area contributed by atoms with Crippen LogP contribution in [0.2, 0.25) is 0 Å². The number of rotatable bonds is 4. The number of aliphatic imine (C=N–C) groups is 1. The number of hydrogen-bond acceptors (Lipinski definition) is 5. The molecule has 1 N–H and O–H groups in total. The first-order valence-electron chi connectivity index (χ1n) is 9.54. The van der Waals surface area contributed by atoms with Crippen molar-refractivity contribution in [2.45, 2.75) is 6.54 Å². The SMILES string of the molecule is CN=C(NCc1cc(-c2ccccc2)no1)N1CCN(C(=O)c2ccco2)CC1. The zero-order valence-corrected chi connectivity index (χ0v) is 16.2. The summed E-state index contributed by atoms with van der Waals surface area (Å²) in [5, 5.41) is 7.45. The Hall–Kier alpha value is -3.55. The molecule has 1 aliphatic heterocycles. The predicted molar refractivity (Wildman–Crippen MR) is 108 cm³/mol. The topological polar surface area (TPSA) is 87.1 Å². The van der Waals surface area contributed by atoms with Gasteiger partial charge >= 0.3 is 0 Å². The molecule has 8 heteroatoms. The van der Waals surface area contributed by atoms with Crippen molar-refractivity contribution in [1.82, 2.24) is 20.3 Å². The summed E-state index contributed by atoms with van der Waals surface area (Å²) in [5.41, 5.74) is 1.83. The van der Waals surface area contributed by atoms with E-state index in [1.807, 2.05) is 36.4 Å². The number of hydrogen-bond donors (Lipinski definition) is 1. The maximum absolute atomic E-state index is 12.4. The van der Waals surface area contributed by atoms with E-state index >= 15 is 0 Å². The molecule has 0 bridgehead atoms. The Balaban J connectivity index is 1.30. The number of nitrogens with zero attached hydrogens (tertiary/aromatic N) is 4. The molecule has 1 aromatic carbocycles. The summed E-state index contributed by atoms with van der Waals surface area (Å²) in [6.45, 7) is 3.09. The molecule has 29 heavy (non-hydrogen) atoms. The van der Waals surface area contributed by atoms with Crippen LogP contribution in [0.25, 0.3) is 11.3 Å². The van der Waals surface area contributed by atoms with Crippen LogP contribution in [-0.4, -0.2) is 60.0 Å². The first kappa shape index (κ1) is 18.8. The van der Waals surface area contributed by atoms with E-state index < -0.39 is 0 Å². The lowest BCUT2D eigenvalue weighted by molar-refractivity contribution is 0.0657. The average molecular weight is 393 g/mol. The number of nitrogens with one attached hydrogen (secondary N) is 1. The van der Waals surface area contributed by atoms with Crippen molar-refractivity contribution < 1.29 is 13.7 Å². The van der Waals surface area contributed by atoms with Gasteiger partial charge in [0, 0.05) is 44.9 Å².